The Labute approximate surface area is 116 Å². The molecule has 0 heterocycles. The number of anilines is 1. The fourth-order valence-corrected chi connectivity index (χ4v) is 1.79. The van der Waals surface area contributed by atoms with Crippen LogP contribution in [0.1, 0.15) is 23.7 Å². The SMILES string of the molecule is CCN(CCCO)C(=O)c1ccc(NN)c([N+](=O)[O-])c1. The summed E-state index contributed by atoms with van der Waals surface area (Å²) in [5.41, 5.74) is 2.33. The summed E-state index contributed by atoms with van der Waals surface area (Å²) < 4.78 is 0. The van der Waals surface area contributed by atoms with Crippen LogP contribution in [0.3, 0.4) is 0 Å². The third-order valence-electron chi connectivity index (χ3n) is 2.85. The van der Waals surface area contributed by atoms with Crippen LogP contribution in [0, 0.1) is 10.1 Å². The minimum absolute atomic E-state index is 0.0139. The van der Waals surface area contributed by atoms with Crippen molar-refractivity contribution in [3.05, 3.63) is 33.9 Å². The normalized spacial score (nSPS) is 10.2. The number of aliphatic hydroxyl groups excluding tert-OH is 1. The minimum atomic E-state index is -0.601. The van der Waals surface area contributed by atoms with E-state index in [1.54, 1.807) is 6.92 Å². The lowest BCUT2D eigenvalue weighted by molar-refractivity contribution is -0.384. The number of nitrogens with zero attached hydrogens (tertiary/aromatic N) is 2. The number of aliphatic hydroxyl groups is 1. The summed E-state index contributed by atoms with van der Waals surface area (Å²) in [4.78, 5) is 24.1. The van der Waals surface area contributed by atoms with Gasteiger partial charge in [-0.05, 0) is 25.5 Å². The van der Waals surface area contributed by atoms with Crippen LogP contribution >= 0.6 is 0 Å². The van der Waals surface area contributed by atoms with Crippen molar-refractivity contribution < 1.29 is 14.8 Å². The third-order valence-corrected chi connectivity index (χ3v) is 2.85. The quantitative estimate of drug-likeness (QED) is 0.385. The number of hydrazine groups is 1. The maximum atomic E-state index is 12.2. The van der Waals surface area contributed by atoms with E-state index in [1.165, 1.54) is 23.1 Å². The Morgan fingerprint density at radius 2 is 2.25 bits per heavy atom. The molecule has 0 aliphatic heterocycles. The van der Waals surface area contributed by atoms with Crippen LogP contribution in [0.5, 0.6) is 0 Å². The first kappa shape index (κ1) is 15.9. The summed E-state index contributed by atoms with van der Waals surface area (Å²) in [7, 11) is 0. The molecular formula is C12H18N4O4. The number of nitrogens with one attached hydrogen (secondary N) is 1. The van der Waals surface area contributed by atoms with E-state index in [0.717, 1.165) is 0 Å². The van der Waals surface area contributed by atoms with Crippen molar-refractivity contribution in [3.63, 3.8) is 0 Å². The molecule has 0 saturated carbocycles. The molecule has 0 aromatic heterocycles. The summed E-state index contributed by atoms with van der Waals surface area (Å²) in [5.74, 6) is 4.88. The lowest BCUT2D eigenvalue weighted by Gasteiger charge is -2.20. The summed E-state index contributed by atoms with van der Waals surface area (Å²) in [6, 6.07) is 4.07. The first-order valence-electron chi connectivity index (χ1n) is 6.20. The van der Waals surface area contributed by atoms with Crippen LogP contribution in [0.25, 0.3) is 0 Å². The second kappa shape index (κ2) is 7.41. The number of carbonyl (C=O) groups is 1. The topological polar surface area (TPSA) is 122 Å². The number of carbonyl (C=O) groups excluding carboxylic acids is 1. The largest absolute Gasteiger partial charge is 0.396 e. The van der Waals surface area contributed by atoms with E-state index in [9.17, 15) is 14.9 Å². The molecule has 1 aromatic rings. The van der Waals surface area contributed by atoms with Gasteiger partial charge in [0.1, 0.15) is 5.69 Å². The molecule has 0 spiro atoms. The van der Waals surface area contributed by atoms with E-state index in [2.05, 4.69) is 5.43 Å². The maximum absolute atomic E-state index is 12.2. The molecule has 0 atom stereocenters. The van der Waals surface area contributed by atoms with Crippen LogP contribution in [0.15, 0.2) is 18.2 Å². The fraction of sp³-hybridized carbons (Fsp3) is 0.417. The number of nitro benzene ring substituents is 1. The maximum Gasteiger partial charge on any atom is 0.294 e. The van der Waals surface area contributed by atoms with Crippen molar-refractivity contribution in [2.75, 3.05) is 25.1 Å². The summed E-state index contributed by atoms with van der Waals surface area (Å²) >= 11 is 0. The smallest absolute Gasteiger partial charge is 0.294 e. The molecule has 0 unspecified atom stereocenters. The van der Waals surface area contributed by atoms with Gasteiger partial charge in [0.2, 0.25) is 0 Å². The number of nitro groups is 1. The van der Waals surface area contributed by atoms with Gasteiger partial charge in [-0.3, -0.25) is 20.8 Å². The first-order valence-corrected chi connectivity index (χ1v) is 6.20. The van der Waals surface area contributed by atoms with E-state index >= 15 is 0 Å². The van der Waals surface area contributed by atoms with Gasteiger partial charge < -0.3 is 15.4 Å². The Morgan fingerprint density at radius 1 is 1.55 bits per heavy atom. The number of nitrogen functional groups attached to an aromatic ring is 1. The zero-order chi connectivity index (χ0) is 15.1. The Morgan fingerprint density at radius 3 is 2.75 bits per heavy atom. The van der Waals surface area contributed by atoms with Gasteiger partial charge in [-0.15, -0.1) is 0 Å². The van der Waals surface area contributed by atoms with E-state index in [-0.39, 0.29) is 29.5 Å². The van der Waals surface area contributed by atoms with E-state index in [1.807, 2.05) is 0 Å². The molecule has 1 rings (SSSR count). The molecule has 0 radical (unpaired) electrons. The number of amides is 1. The highest BCUT2D eigenvalue weighted by Crippen LogP contribution is 2.25. The molecule has 8 heteroatoms. The third kappa shape index (κ3) is 3.65. The zero-order valence-corrected chi connectivity index (χ0v) is 11.2. The second-order valence-corrected chi connectivity index (χ2v) is 4.10. The lowest BCUT2D eigenvalue weighted by Crippen LogP contribution is -2.32. The van der Waals surface area contributed by atoms with Gasteiger partial charge in [0.15, 0.2) is 0 Å². The van der Waals surface area contributed by atoms with Crippen molar-refractivity contribution in [3.8, 4) is 0 Å². The Hall–Kier alpha value is -2.19. The molecule has 0 aliphatic rings. The first-order chi connectivity index (χ1) is 9.54. The van der Waals surface area contributed by atoms with Gasteiger partial charge >= 0.3 is 0 Å². The van der Waals surface area contributed by atoms with Crippen molar-refractivity contribution in [2.24, 2.45) is 5.84 Å². The number of rotatable bonds is 7. The van der Waals surface area contributed by atoms with Gasteiger partial charge in [-0.2, -0.15) is 0 Å². The average Bonchev–Trinajstić information content (AvgIpc) is 2.46. The summed E-state index contributed by atoms with van der Waals surface area (Å²) in [6.07, 6.45) is 0.462. The Kier molecular flexibility index (Phi) is 5.88. The van der Waals surface area contributed by atoms with Gasteiger partial charge in [-0.1, -0.05) is 0 Å². The predicted molar refractivity (Wildman–Crippen MR) is 74.2 cm³/mol. The van der Waals surface area contributed by atoms with Crippen molar-refractivity contribution in [1.82, 2.24) is 4.90 Å². The molecule has 8 nitrogen and oxygen atoms in total. The number of hydrogen-bond donors (Lipinski definition) is 3. The van der Waals surface area contributed by atoms with Gasteiger partial charge in [0, 0.05) is 31.3 Å². The number of benzene rings is 1. The lowest BCUT2D eigenvalue weighted by atomic mass is 10.1. The van der Waals surface area contributed by atoms with E-state index in [4.69, 9.17) is 10.9 Å². The fourth-order valence-electron chi connectivity index (χ4n) is 1.79. The minimum Gasteiger partial charge on any atom is -0.396 e. The molecule has 0 fully saturated rings. The van der Waals surface area contributed by atoms with Gasteiger partial charge in [-0.25, -0.2) is 0 Å². The monoisotopic (exact) mass is 282 g/mol. The van der Waals surface area contributed by atoms with Crippen LogP contribution in [0.4, 0.5) is 11.4 Å². The van der Waals surface area contributed by atoms with Crippen molar-refractivity contribution in [1.29, 1.82) is 0 Å². The Balaban J connectivity index is 3.03. The molecule has 0 aliphatic carbocycles. The highest BCUT2D eigenvalue weighted by Gasteiger charge is 2.19. The van der Waals surface area contributed by atoms with E-state index in [0.29, 0.717) is 19.5 Å². The molecule has 110 valence electrons. The molecule has 20 heavy (non-hydrogen) atoms. The van der Waals surface area contributed by atoms with Crippen molar-refractivity contribution in [2.45, 2.75) is 13.3 Å². The van der Waals surface area contributed by atoms with E-state index < -0.39 is 4.92 Å². The molecule has 0 saturated heterocycles. The van der Waals surface area contributed by atoms with Gasteiger partial charge in [0.05, 0.1) is 4.92 Å². The van der Waals surface area contributed by atoms with Crippen LogP contribution in [-0.2, 0) is 0 Å². The zero-order valence-electron chi connectivity index (χ0n) is 11.2. The molecular weight excluding hydrogens is 264 g/mol. The summed E-state index contributed by atoms with van der Waals surface area (Å²) in [5, 5.41) is 19.7. The highest BCUT2D eigenvalue weighted by atomic mass is 16.6. The Bertz CT molecular complexity index is 492. The highest BCUT2D eigenvalue weighted by molar-refractivity contribution is 5.95. The molecule has 1 aromatic carbocycles. The van der Waals surface area contributed by atoms with Crippen LogP contribution in [0.2, 0.25) is 0 Å². The number of hydrogen-bond acceptors (Lipinski definition) is 6. The van der Waals surface area contributed by atoms with Crippen LogP contribution in [-0.4, -0.2) is 40.5 Å². The summed E-state index contributed by atoms with van der Waals surface area (Å²) in [6.45, 7) is 2.65. The van der Waals surface area contributed by atoms with Gasteiger partial charge in [0.25, 0.3) is 11.6 Å². The van der Waals surface area contributed by atoms with Crippen LogP contribution < -0.4 is 11.3 Å². The number of nitrogens with two attached hydrogens (primary N) is 1. The predicted octanol–water partition coefficient (Wildman–Crippen LogP) is 0.725. The molecule has 0 bridgehead atoms. The standard InChI is InChI=1S/C12H18N4O4/c1-2-15(6-3-7-17)12(18)9-4-5-10(14-13)11(8-9)16(19)20/h4-5,8,14,17H,2-3,6-7,13H2,1H3. The molecule has 4 N–H and O–H groups in total. The van der Waals surface area contributed by atoms with Crippen molar-refractivity contribution >= 4 is 17.3 Å². The molecule has 1 amide bonds. The average molecular weight is 282 g/mol. The second-order valence-electron chi connectivity index (χ2n) is 4.10.